The summed E-state index contributed by atoms with van der Waals surface area (Å²) in [7, 11) is 0. The topological polar surface area (TPSA) is 12.9 Å². The standard InChI is InChI=1S/C11H17N/c1-8(2)10(4)11-7-9(3)5-6-12-11/h5-8,10H,1-4H3. The molecule has 0 radical (unpaired) electrons. The molecule has 0 amide bonds. The van der Waals surface area contributed by atoms with E-state index in [2.05, 4.69) is 38.7 Å². The molecule has 1 aromatic rings. The maximum absolute atomic E-state index is 4.36. The van der Waals surface area contributed by atoms with Crippen LogP contribution in [0.1, 0.15) is 37.9 Å². The lowest BCUT2D eigenvalue weighted by molar-refractivity contribution is 0.523. The molecule has 0 aromatic carbocycles. The van der Waals surface area contributed by atoms with Crippen molar-refractivity contribution < 1.29 is 0 Å². The minimum absolute atomic E-state index is 0.560. The first-order valence-corrected chi connectivity index (χ1v) is 4.54. The van der Waals surface area contributed by atoms with Crippen LogP contribution < -0.4 is 0 Å². The molecule has 0 N–H and O–H groups in total. The molecule has 1 heteroatoms. The third kappa shape index (κ3) is 2.07. The Morgan fingerprint density at radius 1 is 1.25 bits per heavy atom. The molecule has 0 saturated carbocycles. The number of aromatic nitrogens is 1. The van der Waals surface area contributed by atoms with E-state index < -0.39 is 0 Å². The number of aryl methyl sites for hydroxylation is 1. The molecule has 0 aliphatic rings. The molecule has 66 valence electrons. The average molecular weight is 163 g/mol. The number of hydrogen-bond donors (Lipinski definition) is 0. The molecular formula is C11H17N. The van der Waals surface area contributed by atoms with Crippen molar-refractivity contribution in [2.24, 2.45) is 5.92 Å². The van der Waals surface area contributed by atoms with Crippen molar-refractivity contribution in [3.63, 3.8) is 0 Å². The van der Waals surface area contributed by atoms with Crippen LogP contribution in [0.5, 0.6) is 0 Å². The molecule has 1 heterocycles. The van der Waals surface area contributed by atoms with Crippen molar-refractivity contribution in [2.45, 2.75) is 33.6 Å². The van der Waals surface area contributed by atoms with Crippen molar-refractivity contribution in [3.05, 3.63) is 29.6 Å². The summed E-state index contributed by atoms with van der Waals surface area (Å²) in [6.45, 7) is 8.80. The summed E-state index contributed by atoms with van der Waals surface area (Å²) in [6.07, 6.45) is 1.89. The Morgan fingerprint density at radius 2 is 1.92 bits per heavy atom. The maximum atomic E-state index is 4.36. The smallest absolute Gasteiger partial charge is 0.0436 e. The van der Waals surface area contributed by atoms with Crippen LogP contribution in [0.3, 0.4) is 0 Å². The highest BCUT2D eigenvalue weighted by Gasteiger charge is 2.10. The first kappa shape index (κ1) is 9.24. The molecule has 0 aliphatic carbocycles. The van der Waals surface area contributed by atoms with Crippen molar-refractivity contribution in [1.29, 1.82) is 0 Å². The van der Waals surface area contributed by atoms with Gasteiger partial charge in [-0.1, -0.05) is 20.8 Å². The van der Waals surface area contributed by atoms with Crippen molar-refractivity contribution in [1.82, 2.24) is 4.98 Å². The second-order valence-electron chi connectivity index (χ2n) is 3.79. The summed E-state index contributed by atoms with van der Waals surface area (Å²) in [5, 5.41) is 0. The van der Waals surface area contributed by atoms with E-state index in [4.69, 9.17) is 0 Å². The lowest BCUT2D eigenvalue weighted by Gasteiger charge is -2.14. The van der Waals surface area contributed by atoms with Gasteiger partial charge in [0.05, 0.1) is 0 Å². The van der Waals surface area contributed by atoms with Crippen LogP contribution in [0, 0.1) is 12.8 Å². The van der Waals surface area contributed by atoms with Crippen LogP contribution in [-0.4, -0.2) is 4.98 Å². The summed E-state index contributed by atoms with van der Waals surface area (Å²) in [5.74, 6) is 1.23. The first-order valence-electron chi connectivity index (χ1n) is 4.54. The average Bonchev–Trinajstić information content (AvgIpc) is 2.03. The van der Waals surface area contributed by atoms with E-state index in [9.17, 15) is 0 Å². The predicted molar refractivity (Wildman–Crippen MR) is 52.2 cm³/mol. The summed E-state index contributed by atoms with van der Waals surface area (Å²) in [6, 6.07) is 4.21. The van der Waals surface area contributed by atoms with Gasteiger partial charge in [-0.15, -0.1) is 0 Å². The van der Waals surface area contributed by atoms with Crippen molar-refractivity contribution in [2.75, 3.05) is 0 Å². The van der Waals surface area contributed by atoms with Gasteiger partial charge in [0, 0.05) is 17.8 Å². The molecule has 1 aromatic heterocycles. The zero-order valence-corrected chi connectivity index (χ0v) is 8.33. The third-order valence-electron chi connectivity index (χ3n) is 2.40. The summed E-state index contributed by atoms with van der Waals surface area (Å²) < 4.78 is 0. The molecule has 1 atom stereocenters. The monoisotopic (exact) mass is 163 g/mol. The van der Waals surface area contributed by atoms with Gasteiger partial charge in [0.2, 0.25) is 0 Å². The quantitative estimate of drug-likeness (QED) is 0.652. The van der Waals surface area contributed by atoms with E-state index >= 15 is 0 Å². The van der Waals surface area contributed by atoms with E-state index in [1.165, 1.54) is 11.3 Å². The molecule has 0 fully saturated rings. The Labute approximate surface area is 74.8 Å². The molecule has 1 rings (SSSR count). The van der Waals surface area contributed by atoms with E-state index in [-0.39, 0.29) is 0 Å². The second-order valence-corrected chi connectivity index (χ2v) is 3.79. The normalized spacial score (nSPS) is 13.4. The van der Waals surface area contributed by atoms with Gasteiger partial charge >= 0.3 is 0 Å². The number of nitrogens with zero attached hydrogens (tertiary/aromatic N) is 1. The van der Waals surface area contributed by atoms with Gasteiger partial charge in [0.1, 0.15) is 0 Å². The van der Waals surface area contributed by atoms with Crippen LogP contribution in [0.15, 0.2) is 18.3 Å². The fraction of sp³-hybridized carbons (Fsp3) is 0.545. The summed E-state index contributed by atoms with van der Waals surface area (Å²) in [4.78, 5) is 4.36. The molecule has 0 bridgehead atoms. The van der Waals surface area contributed by atoms with Gasteiger partial charge in [0.25, 0.3) is 0 Å². The Morgan fingerprint density at radius 3 is 2.42 bits per heavy atom. The molecule has 1 unspecified atom stereocenters. The molecule has 0 saturated heterocycles. The lowest BCUT2D eigenvalue weighted by atomic mass is 9.94. The number of pyridine rings is 1. The highest BCUT2D eigenvalue weighted by molar-refractivity contribution is 5.17. The molecular weight excluding hydrogens is 146 g/mol. The largest absolute Gasteiger partial charge is 0.261 e. The Balaban J connectivity index is 2.88. The second kappa shape index (κ2) is 3.70. The zero-order chi connectivity index (χ0) is 9.14. The Bertz CT molecular complexity index is 253. The molecule has 0 aliphatic heterocycles. The van der Waals surface area contributed by atoms with Crippen molar-refractivity contribution in [3.8, 4) is 0 Å². The number of hydrogen-bond acceptors (Lipinski definition) is 1. The van der Waals surface area contributed by atoms with E-state index in [1.807, 2.05) is 12.3 Å². The SMILES string of the molecule is Cc1ccnc(C(C)C(C)C)c1. The first-order chi connectivity index (χ1) is 5.61. The molecule has 1 nitrogen and oxygen atoms in total. The predicted octanol–water partition coefficient (Wildman–Crippen LogP) is 3.15. The Kier molecular flexibility index (Phi) is 2.85. The van der Waals surface area contributed by atoms with E-state index in [0.717, 1.165) is 0 Å². The fourth-order valence-electron chi connectivity index (χ4n) is 1.15. The van der Waals surface area contributed by atoms with Gasteiger partial charge in [-0.2, -0.15) is 0 Å². The molecule has 12 heavy (non-hydrogen) atoms. The van der Waals surface area contributed by atoms with Gasteiger partial charge in [0.15, 0.2) is 0 Å². The highest BCUT2D eigenvalue weighted by atomic mass is 14.7. The zero-order valence-electron chi connectivity index (χ0n) is 8.33. The van der Waals surface area contributed by atoms with E-state index in [0.29, 0.717) is 11.8 Å². The fourth-order valence-corrected chi connectivity index (χ4v) is 1.15. The van der Waals surface area contributed by atoms with Crippen LogP contribution in [0.25, 0.3) is 0 Å². The van der Waals surface area contributed by atoms with Gasteiger partial charge in [-0.3, -0.25) is 4.98 Å². The van der Waals surface area contributed by atoms with Crippen LogP contribution >= 0.6 is 0 Å². The van der Waals surface area contributed by atoms with Crippen LogP contribution in [0.4, 0.5) is 0 Å². The summed E-state index contributed by atoms with van der Waals surface area (Å²) >= 11 is 0. The minimum Gasteiger partial charge on any atom is -0.261 e. The third-order valence-corrected chi connectivity index (χ3v) is 2.40. The Hall–Kier alpha value is -0.850. The van der Waals surface area contributed by atoms with Gasteiger partial charge < -0.3 is 0 Å². The lowest BCUT2D eigenvalue weighted by Crippen LogP contribution is -2.04. The maximum Gasteiger partial charge on any atom is 0.0436 e. The van der Waals surface area contributed by atoms with Crippen molar-refractivity contribution >= 4 is 0 Å². The highest BCUT2D eigenvalue weighted by Crippen LogP contribution is 2.21. The summed E-state index contributed by atoms with van der Waals surface area (Å²) in [5.41, 5.74) is 2.51. The number of rotatable bonds is 2. The van der Waals surface area contributed by atoms with Gasteiger partial charge in [-0.25, -0.2) is 0 Å². The minimum atomic E-state index is 0.560. The van der Waals surface area contributed by atoms with Crippen LogP contribution in [0.2, 0.25) is 0 Å². The van der Waals surface area contributed by atoms with Gasteiger partial charge in [-0.05, 0) is 30.5 Å². The molecule has 0 spiro atoms. The van der Waals surface area contributed by atoms with E-state index in [1.54, 1.807) is 0 Å². The van der Waals surface area contributed by atoms with Crippen LogP contribution in [-0.2, 0) is 0 Å².